The molecule has 1 saturated heterocycles. The first-order valence-electron chi connectivity index (χ1n) is 6.82. The van der Waals surface area contributed by atoms with Crippen LogP contribution in [0.4, 0.5) is 0 Å². The summed E-state index contributed by atoms with van der Waals surface area (Å²) < 4.78 is 0. The molecule has 92 valence electrons. The molecule has 0 amide bonds. The predicted octanol–water partition coefficient (Wildman–Crippen LogP) is 3.75. The van der Waals surface area contributed by atoms with Crippen molar-refractivity contribution in [2.75, 3.05) is 19.6 Å². The lowest BCUT2D eigenvalue weighted by molar-refractivity contribution is 0.226. The fourth-order valence-electron chi connectivity index (χ4n) is 2.51. The number of nitrogens with zero attached hydrogens (tertiary/aromatic N) is 1. The summed E-state index contributed by atoms with van der Waals surface area (Å²) in [7, 11) is 0. The Bertz CT molecular complexity index is 333. The van der Waals surface area contributed by atoms with Gasteiger partial charge in [0.05, 0.1) is 0 Å². The quantitative estimate of drug-likeness (QED) is 0.743. The number of hydrogen-bond donors (Lipinski definition) is 0. The summed E-state index contributed by atoms with van der Waals surface area (Å²) in [6.45, 7) is 7.67. The Kier molecular flexibility index (Phi) is 4.81. The van der Waals surface area contributed by atoms with Crippen LogP contribution in [0.15, 0.2) is 30.8 Å². The van der Waals surface area contributed by atoms with Crippen molar-refractivity contribution >= 4 is 6.08 Å². The van der Waals surface area contributed by atoms with Gasteiger partial charge in [-0.2, -0.15) is 0 Å². The van der Waals surface area contributed by atoms with Gasteiger partial charge in [-0.3, -0.25) is 0 Å². The Hall–Kier alpha value is -1.08. The highest BCUT2D eigenvalue weighted by Gasteiger charge is 2.08. The molecule has 17 heavy (non-hydrogen) atoms. The molecule has 1 aliphatic heterocycles. The molecule has 1 heteroatoms. The van der Waals surface area contributed by atoms with Gasteiger partial charge in [0.2, 0.25) is 0 Å². The van der Waals surface area contributed by atoms with Crippen LogP contribution in [-0.2, 0) is 6.42 Å². The molecule has 0 bridgehead atoms. The average Bonchev–Trinajstić information content (AvgIpc) is 2.41. The number of hydrogen-bond acceptors (Lipinski definition) is 1. The molecule has 1 nitrogen and oxygen atoms in total. The largest absolute Gasteiger partial charge is 0.303 e. The lowest BCUT2D eigenvalue weighted by Crippen LogP contribution is -2.30. The molecule has 1 fully saturated rings. The molecule has 0 aliphatic carbocycles. The van der Waals surface area contributed by atoms with Gasteiger partial charge < -0.3 is 4.90 Å². The predicted molar refractivity (Wildman–Crippen MR) is 75.1 cm³/mol. The molecule has 1 aliphatic rings. The normalized spacial score (nSPS) is 16.9. The third-order valence-electron chi connectivity index (χ3n) is 3.60. The third-order valence-corrected chi connectivity index (χ3v) is 3.60. The van der Waals surface area contributed by atoms with Crippen molar-refractivity contribution in [2.24, 2.45) is 0 Å². The smallest absolute Gasteiger partial charge is 0.00156 e. The first-order valence-corrected chi connectivity index (χ1v) is 6.82. The monoisotopic (exact) mass is 229 g/mol. The van der Waals surface area contributed by atoms with Gasteiger partial charge in [0.25, 0.3) is 0 Å². The molecule has 0 saturated carbocycles. The van der Waals surface area contributed by atoms with Gasteiger partial charge in [0.1, 0.15) is 0 Å². The highest BCUT2D eigenvalue weighted by Crippen LogP contribution is 2.11. The van der Waals surface area contributed by atoms with Crippen LogP contribution >= 0.6 is 0 Å². The van der Waals surface area contributed by atoms with Crippen LogP contribution in [0.25, 0.3) is 6.08 Å². The molecule has 0 radical (unpaired) electrons. The number of likely N-dealkylation sites (tertiary alicyclic amines) is 1. The Morgan fingerprint density at radius 3 is 2.41 bits per heavy atom. The zero-order valence-corrected chi connectivity index (χ0v) is 10.7. The maximum atomic E-state index is 3.78. The van der Waals surface area contributed by atoms with Crippen molar-refractivity contribution in [3.05, 3.63) is 42.0 Å². The van der Waals surface area contributed by atoms with Crippen LogP contribution in [0.2, 0.25) is 0 Å². The number of aryl methyl sites for hydroxylation is 1. The second-order valence-corrected chi connectivity index (χ2v) is 4.95. The van der Waals surface area contributed by atoms with E-state index >= 15 is 0 Å². The summed E-state index contributed by atoms with van der Waals surface area (Å²) in [5, 5.41) is 0. The maximum absolute atomic E-state index is 3.78. The molecule has 1 heterocycles. The van der Waals surface area contributed by atoms with E-state index in [-0.39, 0.29) is 0 Å². The van der Waals surface area contributed by atoms with E-state index in [2.05, 4.69) is 35.7 Å². The SMILES string of the molecule is C=Cc1ccc(CCCN2CCCCC2)cc1. The molecule has 0 spiro atoms. The summed E-state index contributed by atoms with van der Waals surface area (Å²) in [6.07, 6.45) is 8.61. The second kappa shape index (κ2) is 6.61. The van der Waals surface area contributed by atoms with Gasteiger partial charge in [-0.05, 0) is 56.4 Å². The lowest BCUT2D eigenvalue weighted by atomic mass is 10.1. The minimum absolute atomic E-state index is 1.20. The second-order valence-electron chi connectivity index (χ2n) is 4.95. The van der Waals surface area contributed by atoms with E-state index in [0.717, 1.165) is 0 Å². The molecular formula is C16H23N. The van der Waals surface area contributed by atoms with Gasteiger partial charge in [-0.25, -0.2) is 0 Å². The van der Waals surface area contributed by atoms with E-state index in [1.165, 1.54) is 62.9 Å². The zero-order valence-electron chi connectivity index (χ0n) is 10.7. The average molecular weight is 229 g/mol. The molecule has 0 atom stereocenters. The van der Waals surface area contributed by atoms with Crippen LogP contribution in [0.5, 0.6) is 0 Å². The van der Waals surface area contributed by atoms with Crippen molar-refractivity contribution in [1.29, 1.82) is 0 Å². The van der Waals surface area contributed by atoms with Crippen molar-refractivity contribution in [1.82, 2.24) is 4.90 Å². The Morgan fingerprint density at radius 2 is 1.76 bits per heavy atom. The molecular weight excluding hydrogens is 206 g/mol. The number of rotatable bonds is 5. The van der Waals surface area contributed by atoms with Crippen LogP contribution in [0.1, 0.15) is 36.8 Å². The summed E-state index contributed by atoms with van der Waals surface area (Å²) in [5.41, 5.74) is 2.66. The lowest BCUT2D eigenvalue weighted by Gasteiger charge is -2.26. The van der Waals surface area contributed by atoms with E-state index in [9.17, 15) is 0 Å². The summed E-state index contributed by atoms with van der Waals surface area (Å²) in [6, 6.07) is 8.77. The summed E-state index contributed by atoms with van der Waals surface area (Å²) >= 11 is 0. The Balaban J connectivity index is 1.71. The van der Waals surface area contributed by atoms with Gasteiger partial charge in [-0.1, -0.05) is 43.3 Å². The fourth-order valence-corrected chi connectivity index (χ4v) is 2.51. The van der Waals surface area contributed by atoms with Crippen molar-refractivity contribution in [2.45, 2.75) is 32.1 Å². The van der Waals surface area contributed by atoms with E-state index in [1.807, 2.05) is 6.08 Å². The van der Waals surface area contributed by atoms with Gasteiger partial charge >= 0.3 is 0 Å². The minimum Gasteiger partial charge on any atom is -0.303 e. The van der Waals surface area contributed by atoms with E-state index in [4.69, 9.17) is 0 Å². The van der Waals surface area contributed by atoms with E-state index < -0.39 is 0 Å². The maximum Gasteiger partial charge on any atom is -0.00156 e. The molecule has 1 aromatic carbocycles. The minimum atomic E-state index is 1.20. The third kappa shape index (κ3) is 4.01. The number of benzene rings is 1. The molecule has 0 unspecified atom stereocenters. The van der Waals surface area contributed by atoms with Gasteiger partial charge in [-0.15, -0.1) is 0 Å². The van der Waals surface area contributed by atoms with Crippen molar-refractivity contribution in [3.63, 3.8) is 0 Å². The Labute approximate surface area is 105 Å². The topological polar surface area (TPSA) is 3.24 Å². The molecule has 2 rings (SSSR count). The molecule has 1 aromatic rings. The van der Waals surface area contributed by atoms with Crippen LogP contribution in [0, 0.1) is 0 Å². The van der Waals surface area contributed by atoms with Crippen LogP contribution in [-0.4, -0.2) is 24.5 Å². The van der Waals surface area contributed by atoms with E-state index in [0.29, 0.717) is 0 Å². The molecule has 0 aromatic heterocycles. The fraction of sp³-hybridized carbons (Fsp3) is 0.500. The summed E-state index contributed by atoms with van der Waals surface area (Å²) in [4.78, 5) is 2.61. The first-order chi connectivity index (χ1) is 8.38. The van der Waals surface area contributed by atoms with E-state index in [1.54, 1.807) is 0 Å². The standard InChI is InChI=1S/C16H23N/c1-2-15-8-10-16(11-9-15)7-6-14-17-12-4-3-5-13-17/h2,8-11H,1,3-7,12-14H2. The zero-order chi connectivity index (χ0) is 11.9. The van der Waals surface area contributed by atoms with Crippen LogP contribution in [0.3, 0.4) is 0 Å². The van der Waals surface area contributed by atoms with Gasteiger partial charge in [0, 0.05) is 0 Å². The highest BCUT2D eigenvalue weighted by atomic mass is 15.1. The first kappa shape index (κ1) is 12.4. The highest BCUT2D eigenvalue weighted by molar-refractivity contribution is 5.47. The molecule has 0 N–H and O–H groups in total. The van der Waals surface area contributed by atoms with Crippen LogP contribution < -0.4 is 0 Å². The number of piperidine rings is 1. The Morgan fingerprint density at radius 1 is 1.06 bits per heavy atom. The van der Waals surface area contributed by atoms with Gasteiger partial charge in [0.15, 0.2) is 0 Å². The summed E-state index contributed by atoms with van der Waals surface area (Å²) in [5.74, 6) is 0. The van der Waals surface area contributed by atoms with Crippen molar-refractivity contribution < 1.29 is 0 Å². The van der Waals surface area contributed by atoms with Crippen molar-refractivity contribution in [3.8, 4) is 0 Å².